The molecule has 0 saturated carbocycles. The zero-order valence-electron chi connectivity index (χ0n) is 29.9. The van der Waals surface area contributed by atoms with Crippen LogP contribution in [0.3, 0.4) is 0 Å². The number of benzene rings is 1. The Labute approximate surface area is 331 Å². The lowest BCUT2D eigenvalue weighted by Crippen LogP contribution is -2.63. The quantitative estimate of drug-likeness (QED) is 0.157. The van der Waals surface area contributed by atoms with Gasteiger partial charge in [0.25, 0.3) is 0 Å². The van der Waals surface area contributed by atoms with Crippen molar-refractivity contribution in [3.63, 3.8) is 0 Å². The molecule has 0 amide bonds. The zero-order valence-corrected chi connectivity index (χ0v) is 34.3. The first-order chi connectivity index (χ1) is 24.8. The molecule has 2 saturated heterocycles. The van der Waals surface area contributed by atoms with E-state index in [4.69, 9.17) is 52.1 Å². The molecule has 53 heavy (non-hydrogen) atoms. The van der Waals surface area contributed by atoms with Gasteiger partial charge >= 0.3 is 41.8 Å². The van der Waals surface area contributed by atoms with Gasteiger partial charge in [-0.1, -0.05) is 6.92 Å². The first-order valence-corrected chi connectivity index (χ1v) is 18.2. The van der Waals surface area contributed by atoms with Crippen LogP contribution in [0.15, 0.2) is 12.1 Å². The molecule has 10 atom stereocenters. The van der Waals surface area contributed by atoms with E-state index in [0.29, 0.717) is 7.14 Å². The minimum atomic E-state index is -1.49. The number of esters is 7. The van der Waals surface area contributed by atoms with E-state index in [0.717, 1.165) is 27.7 Å². The van der Waals surface area contributed by atoms with Gasteiger partial charge in [0.15, 0.2) is 18.3 Å². The maximum atomic E-state index is 12.2. The number of carbonyl (C=O) groups is 7. The van der Waals surface area contributed by atoms with Crippen molar-refractivity contribution >= 4 is 87.0 Å². The number of hydrogen-bond donors (Lipinski definition) is 0. The average molecular weight is 978 g/mol. The van der Waals surface area contributed by atoms with Crippen LogP contribution in [0.2, 0.25) is 0 Å². The molecule has 294 valence electrons. The first kappa shape index (κ1) is 43.9. The molecule has 1 aromatic rings. The number of halogens is 2. The third-order valence-electron chi connectivity index (χ3n) is 7.42. The molecule has 2 fully saturated rings. The fourth-order valence-corrected chi connectivity index (χ4v) is 6.56. The Morgan fingerprint density at radius 2 is 0.849 bits per heavy atom. The summed E-state index contributed by atoms with van der Waals surface area (Å²) >= 11 is 3.91. The van der Waals surface area contributed by atoms with Gasteiger partial charge in [-0.25, -0.2) is 0 Å². The summed E-state index contributed by atoms with van der Waals surface area (Å²) in [6.07, 6.45) is -11.3. The summed E-state index contributed by atoms with van der Waals surface area (Å²) in [6, 6.07) is 3.14. The molecule has 0 spiro atoms. The second-order valence-corrected chi connectivity index (χ2v) is 14.2. The van der Waals surface area contributed by atoms with Gasteiger partial charge in [0, 0.05) is 48.5 Å². The Balaban J connectivity index is 1.98. The highest BCUT2D eigenvalue weighted by atomic mass is 127. The van der Waals surface area contributed by atoms with Gasteiger partial charge in [0.1, 0.15) is 43.0 Å². The van der Waals surface area contributed by atoms with Gasteiger partial charge in [-0.2, -0.15) is 0 Å². The number of rotatable bonds is 13. The highest BCUT2D eigenvalue weighted by molar-refractivity contribution is 14.1. The van der Waals surface area contributed by atoms with Crippen LogP contribution in [0.4, 0.5) is 0 Å². The van der Waals surface area contributed by atoms with E-state index in [1.807, 2.05) is 45.2 Å². The van der Waals surface area contributed by atoms with E-state index in [-0.39, 0.29) is 18.1 Å². The van der Waals surface area contributed by atoms with Crippen molar-refractivity contribution in [3.05, 3.63) is 19.3 Å². The van der Waals surface area contributed by atoms with Crippen molar-refractivity contribution in [2.45, 2.75) is 111 Å². The van der Waals surface area contributed by atoms with Crippen LogP contribution >= 0.6 is 45.2 Å². The van der Waals surface area contributed by atoms with Gasteiger partial charge in [0.2, 0.25) is 18.7 Å². The third kappa shape index (κ3) is 12.8. The molecule has 0 radical (unpaired) electrons. The van der Waals surface area contributed by atoms with Crippen molar-refractivity contribution in [2.24, 2.45) is 5.92 Å². The van der Waals surface area contributed by atoms with Crippen LogP contribution < -0.4 is 9.47 Å². The molecule has 2 aliphatic heterocycles. The maximum absolute atomic E-state index is 12.2. The summed E-state index contributed by atoms with van der Waals surface area (Å²) in [4.78, 5) is 83.9. The van der Waals surface area contributed by atoms with Crippen molar-refractivity contribution in [1.29, 1.82) is 0 Å². The highest BCUT2D eigenvalue weighted by Crippen LogP contribution is 2.38. The topological polar surface area (TPSA) is 221 Å². The molecule has 3 rings (SSSR count). The van der Waals surface area contributed by atoms with Gasteiger partial charge in [0.05, 0.1) is 13.1 Å². The van der Waals surface area contributed by atoms with Gasteiger partial charge in [-0.15, -0.1) is 0 Å². The maximum Gasteiger partial charge on any atom is 0.303 e. The van der Waals surface area contributed by atoms with Gasteiger partial charge in [-0.3, -0.25) is 33.6 Å². The van der Waals surface area contributed by atoms with Gasteiger partial charge < -0.3 is 52.1 Å². The monoisotopic (exact) mass is 978 g/mol. The minimum absolute atomic E-state index is 0.182. The Morgan fingerprint density at radius 1 is 0.509 bits per heavy atom. The molecule has 0 N–H and O–H groups in total. The molecular weight excluding hydrogens is 938 g/mol. The Kier molecular flexibility index (Phi) is 16.3. The summed E-state index contributed by atoms with van der Waals surface area (Å²) in [5.74, 6) is -5.25. The van der Waals surface area contributed by atoms with Crippen molar-refractivity contribution < 1.29 is 85.7 Å². The molecule has 6 unspecified atom stereocenters. The lowest BCUT2D eigenvalue weighted by molar-refractivity contribution is -0.288. The van der Waals surface area contributed by atoms with Crippen LogP contribution in [0.5, 0.6) is 11.5 Å². The summed E-state index contributed by atoms with van der Waals surface area (Å²) in [7, 11) is 0. The molecule has 0 aromatic heterocycles. The predicted octanol–water partition coefficient (Wildman–Crippen LogP) is 2.52. The van der Waals surface area contributed by atoms with Crippen LogP contribution in [-0.4, -0.2) is 110 Å². The number of ether oxygens (including phenoxy) is 11. The second-order valence-electron chi connectivity index (χ2n) is 11.9. The summed E-state index contributed by atoms with van der Waals surface area (Å²) in [6.45, 7) is 8.93. The molecule has 1 aromatic carbocycles. The molecule has 0 bridgehead atoms. The largest absolute Gasteiger partial charge is 0.463 e. The Bertz CT molecular complexity index is 1550. The average Bonchev–Trinajstić information content (AvgIpc) is 3.02. The lowest BCUT2D eigenvalue weighted by atomic mass is 9.92. The van der Waals surface area contributed by atoms with Crippen LogP contribution in [-0.2, 0) is 76.2 Å². The van der Waals surface area contributed by atoms with Crippen LogP contribution in [0.1, 0.15) is 55.4 Å². The highest BCUT2D eigenvalue weighted by Gasteiger charge is 2.54. The lowest BCUT2D eigenvalue weighted by Gasteiger charge is -2.44. The molecule has 2 heterocycles. The van der Waals surface area contributed by atoms with E-state index < -0.39 is 110 Å². The van der Waals surface area contributed by atoms with E-state index in [9.17, 15) is 33.6 Å². The SMILES string of the molecule is CC(=O)OCC1O[C@@H](Oc2cc(I)c(O[C@@H]3OC(COC(C)=O)[C@@H](OC(C)=O)C(OC(C)=O)C3OC(C)=O)cc2I)C(C)C(OC(C)=O)[C@@H]1OC(C)=O. The van der Waals surface area contributed by atoms with Crippen LogP contribution in [0, 0.1) is 13.1 Å². The molecule has 2 aliphatic rings. The standard InChI is InChI=1S/C33H40I2O18/c1-13-27(45-16(4)38)28(46-17(5)39)25(11-43-14(2)36)52-32(13)50-23-9-22(35)24(10-21(23)34)51-33-31(49-20(8)42)30(48-19(7)41)29(47-18(6)40)26(53-33)12-44-15(3)37/h9-10,13,25-33H,11-12H2,1-8H3/t13?,25?,26?,27?,28-,29-,30?,31?,32-,33-/m1/s1. The number of hydrogen-bond acceptors (Lipinski definition) is 18. The Hall–Kier alpha value is -3.51. The predicted molar refractivity (Wildman–Crippen MR) is 191 cm³/mol. The van der Waals surface area contributed by atoms with E-state index in [1.165, 1.54) is 20.8 Å². The van der Waals surface area contributed by atoms with Crippen molar-refractivity contribution in [1.82, 2.24) is 0 Å². The summed E-state index contributed by atoms with van der Waals surface area (Å²) in [5, 5.41) is 0. The molecule has 18 nitrogen and oxygen atoms in total. The van der Waals surface area contributed by atoms with Crippen molar-refractivity contribution in [3.8, 4) is 11.5 Å². The molecule has 20 heteroatoms. The van der Waals surface area contributed by atoms with E-state index >= 15 is 0 Å². The molecule has 0 aliphatic carbocycles. The third-order valence-corrected chi connectivity index (χ3v) is 9.11. The summed E-state index contributed by atoms with van der Waals surface area (Å²) in [5.41, 5.74) is 0. The first-order valence-electron chi connectivity index (χ1n) is 16.0. The second kappa shape index (κ2) is 19.7. The molecular formula is C33H40I2O18. The Morgan fingerprint density at radius 3 is 1.26 bits per heavy atom. The zero-order chi connectivity index (χ0) is 39.7. The summed E-state index contributed by atoms with van der Waals surface area (Å²) < 4.78 is 63.2. The fourth-order valence-electron chi connectivity index (χ4n) is 5.43. The fraction of sp³-hybridized carbons (Fsp3) is 0.606. The van der Waals surface area contributed by atoms with Gasteiger partial charge in [-0.05, 0) is 57.3 Å². The van der Waals surface area contributed by atoms with E-state index in [2.05, 4.69) is 0 Å². The normalized spacial score (nSPS) is 28.0. The smallest absolute Gasteiger partial charge is 0.303 e. The van der Waals surface area contributed by atoms with Crippen LogP contribution in [0.25, 0.3) is 0 Å². The minimum Gasteiger partial charge on any atom is -0.463 e. The van der Waals surface area contributed by atoms with E-state index in [1.54, 1.807) is 19.1 Å². The van der Waals surface area contributed by atoms with Crippen molar-refractivity contribution in [2.75, 3.05) is 13.2 Å². The number of carbonyl (C=O) groups excluding carboxylic acids is 7.